The van der Waals surface area contributed by atoms with Gasteiger partial charge in [-0.2, -0.15) is 4.98 Å². The summed E-state index contributed by atoms with van der Waals surface area (Å²) in [6.07, 6.45) is 9.92. The van der Waals surface area contributed by atoms with Crippen molar-refractivity contribution in [3.63, 3.8) is 0 Å². The molecule has 69 heavy (non-hydrogen) atoms. The van der Waals surface area contributed by atoms with Crippen molar-refractivity contribution in [3.8, 4) is 17.4 Å². The van der Waals surface area contributed by atoms with Crippen LogP contribution in [0.4, 0.5) is 21.6 Å². The fourth-order valence-electron chi connectivity index (χ4n) is 11.0. The molecule has 9 rings (SSSR count). The van der Waals surface area contributed by atoms with Crippen LogP contribution in [0.5, 0.6) is 17.4 Å². The van der Waals surface area contributed by atoms with Crippen LogP contribution in [0, 0.1) is 27.3 Å². The van der Waals surface area contributed by atoms with Crippen LogP contribution in [0.2, 0.25) is 0 Å². The summed E-state index contributed by atoms with van der Waals surface area (Å²) in [6.45, 7) is 11.2. The maximum Gasteiger partial charge on any atom is 0.312 e. The number of aromatic nitrogens is 3. The van der Waals surface area contributed by atoms with Crippen LogP contribution in [0.1, 0.15) is 113 Å². The van der Waals surface area contributed by atoms with Crippen LogP contribution in [0.15, 0.2) is 71.9 Å². The van der Waals surface area contributed by atoms with Gasteiger partial charge in [0.1, 0.15) is 22.1 Å². The Morgan fingerprint density at radius 2 is 1.78 bits per heavy atom. The molecule has 2 atom stereocenters. The number of piperidine rings is 1. The number of hydrogen-bond acceptors (Lipinski definition) is 14. The molecular weight excluding hydrogens is 908 g/mol. The highest BCUT2D eigenvalue weighted by Crippen LogP contribution is 2.49. The summed E-state index contributed by atoms with van der Waals surface area (Å²) in [5.74, 6) is -1.35. The molecule has 2 aliphatic carbocycles. The number of anilines is 2. The van der Waals surface area contributed by atoms with E-state index in [1.807, 2.05) is 30.7 Å². The van der Waals surface area contributed by atoms with Crippen molar-refractivity contribution in [2.75, 3.05) is 49.5 Å². The van der Waals surface area contributed by atoms with E-state index >= 15 is 0 Å². The summed E-state index contributed by atoms with van der Waals surface area (Å²) >= 11 is 0. The Morgan fingerprint density at radius 1 is 1.04 bits per heavy atom. The summed E-state index contributed by atoms with van der Waals surface area (Å²) in [5, 5.41) is 36.6. The summed E-state index contributed by atoms with van der Waals surface area (Å²) in [5.41, 5.74) is 0.867. The van der Waals surface area contributed by atoms with Crippen LogP contribution in [0.3, 0.4) is 0 Å². The predicted molar refractivity (Wildman–Crippen MR) is 258 cm³/mol. The SMILES string of the molecule is CCOc1nc2[nH]cc(F)c2cc1Oc1cc(N2CCC3(CC2)CN([C@@H]2CCC[C@@H]2c2ccccc2C(C)(C)O)C3)ccc1C(=O)NS(=O)(=O)c1cnc(NC[C@H]2CC[C@](C)(O)CC2)c([N+](=O)[O-])c1. The number of sulfonamides is 1. The largest absolute Gasteiger partial charge is 0.475 e. The van der Waals surface area contributed by atoms with E-state index in [1.165, 1.54) is 17.7 Å². The third-order valence-corrected chi connectivity index (χ3v) is 16.1. The van der Waals surface area contributed by atoms with E-state index in [-0.39, 0.29) is 57.7 Å². The van der Waals surface area contributed by atoms with Gasteiger partial charge in [-0.15, -0.1) is 0 Å². The maximum atomic E-state index is 14.9. The van der Waals surface area contributed by atoms with Crippen molar-refractivity contribution < 1.29 is 42.2 Å². The zero-order valence-corrected chi connectivity index (χ0v) is 40.3. The first-order valence-electron chi connectivity index (χ1n) is 23.9. The lowest BCUT2D eigenvalue weighted by Crippen LogP contribution is -2.63. The molecule has 4 aliphatic rings. The molecule has 0 bridgehead atoms. The summed E-state index contributed by atoms with van der Waals surface area (Å²) in [4.78, 5) is 41.1. The third-order valence-electron chi connectivity index (χ3n) is 14.8. The van der Waals surface area contributed by atoms with Crippen molar-refractivity contribution in [1.29, 1.82) is 0 Å². The highest BCUT2D eigenvalue weighted by atomic mass is 32.2. The van der Waals surface area contributed by atoms with Crippen molar-refractivity contribution >= 4 is 44.2 Å². The smallest absolute Gasteiger partial charge is 0.312 e. The Morgan fingerprint density at radius 3 is 2.49 bits per heavy atom. The monoisotopic (exact) mass is 968 g/mol. The Labute approximate surface area is 401 Å². The number of likely N-dealkylation sites (tertiary alicyclic amines) is 1. The second-order valence-electron chi connectivity index (χ2n) is 20.2. The van der Waals surface area contributed by atoms with Crippen LogP contribution in [-0.4, -0.2) is 100 Å². The number of H-pyrrole nitrogens is 1. The number of carbonyl (C=O) groups is 1. The lowest BCUT2D eigenvalue weighted by molar-refractivity contribution is -0.384. The van der Waals surface area contributed by atoms with Gasteiger partial charge in [0.25, 0.3) is 21.8 Å². The minimum absolute atomic E-state index is 0.0130. The zero-order chi connectivity index (χ0) is 48.9. The molecule has 5 heterocycles. The molecule has 2 saturated carbocycles. The Kier molecular flexibility index (Phi) is 13.1. The molecule has 1 amide bonds. The van der Waals surface area contributed by atoms with Gasteiger partial charge in [-0.25, -0.2) is 22.5 Å². The quantitative estimate of drug-likeness (QED) is 0.0494. The molecule has 0 radical (unpaired) electrons. The standard InChI is InChI=1S/C50H61FN8O9S/c1-5-67-47-43(25-37-39(51)28-54-44(37)55-47)68-42-23-32(57-21-19-50(20-22-57)29-58(30-50)40-12-8-10-35(40)34-9-6-7-11-38(34)48(2,3)61)13-14-36(42)46(60)56-69(65,66)33-24-41(59(63)64)45(53-27-33)52-26-31-15-17-49(4,62)18-16-31/h6-7,9,11,13-14,23-25,27-28,31,35,40,61-62H,5,8,10,12,15-22,26,29-30H2,1-4H3,(H,52,53)(H,54,55)(H,56,60)/t31-,35-,40-,49-/m1/s1. The van der Waals surface area contributed by atoms with Gasteiger partial charge in [-0.05, 0) is 120 Å². The van der Waals surface area contributed by atoms with Gasteiger partial charge < -0.3 is 34.9 Å². The van der Waals surface area contributed by atoms with E-state index in [1.54, 1.807) is 26.0 Å². The van der Waals surface area contributed by atoms with E-state index in [2.05, 4.69) is 42.2 Å². The Balaban J connectivity index is 0.934. The number of amides is 1. The average Bonchev–Trinajstić information content (AvgIpc) is 3.93. The normalized spacial score (nSPS) is 22.9. The highest BCUT2D eigenvalue weighted by Gasteiger charge is 2.50. The van der Waals surface area contributed by atoms with Gasteiger partial charge >= 0.3 is 5.69 Å². The third kappa shape index (κ3) is 10.1. The van der Waals surface area contributed by atoms with Gasteiger partial charge in [0, 0.05) is 68.8 Å². The summed E-state index contributed by atoms with van der Waals surface area (Å²) < 4.78 is 56.7. The van der Waals surface area contributed by atoms with Crippen molar-refractivity contribution in [2.24, 2.45) is 11.3 Å². The van der Waals surface area contributed by atoms with Crippen molar-refractivity contribution in [1.82, 2.24) is 24.6 Å². The number of nitro groups is 1. The van der Waals surface area contributed by atoms with Gasteiger partial charge in [0.2, 0.25) is 5.82 Å². The number of halogens is 1. The van der Waals surface area contributed by atoms with E-state index in [0.29, 0.717) is 57.3 Å². The van der Waals surface area contributed by atoms with E-state index in [4.69, 9.17) is 9.47 Å². The molecule has 17 nitrogen and oxygen atoms in total. The lowest BCUT2D eigenvalue weighted by atomic mass is 9.70. The molecule has 4 fully saturated rings. The molecular formula is C50H61FN8O9S. The minimum Gasteiger partial charge on any atom is -0.475 e. The number of rotatable bonds is 15. The number of benzene rings is 2. The van der Waals surface area contributed by atoms with Crippen molar-refractivity contribution in [3.05, 3.63) is 99.6 Å². The first-order valence-corrected chi connectivity index (χ1v) is 25.4. The van der Waals surface area contributed by atoms with Crippen LogP contribution in [-0.2, 0) is 15.6 Å². The number of aromatic amines is 1. The van der Waals surface area contributed by atoms with Gasteiger partial charge in [-0.3, -0.25) is 19.8 Å². The first kappa shape index (κ1) is 48.1. The molecule has 3 aromatic heterocycles. The van der Waals surface area contributed by atoms with Crippen LogP contribution >= 0.6 is 0 Å². The number of ether oxygens (including phenoxy) is 2. The molecule has 368 valence electrons. The fourth-order valence-corrected chi connectivity index (χ4v) is 11.9. The molecule has 5 N–H and O–H groups in total. The van der Waals surface area contributed by atoms with Crippen molar-refractivity contribution in [2.45, 2.75) is 114 Å². The number of hydrogen-bond donors (Lipinski definition) is 5. The lowest BCUT2D eigenvalue weighted by Gasteiger charge is -2.57. The average molecular weight is 969 g/mol. The fraction of sp³-hybridized carbons (Fsp3) is 0.500. The molecule has 19 heteroatoms. The molecule has 2 saturated heterocycles. The number of nitrogens with one attached hydrogen (secondary N) is 3. The molecule has 2 aliphatic heterocycles. The minimum atomic E-state index is -4.74. The topological polar surface area (TPSA) is 225 Å². The molecule has 0 unspecified atom stereocenters. The predicted octanol–water partition coefficient (Wildman–Crippen LogP) is 8.13. The number of nitrogens with zero attached hydrogens (tertiary/aromatic N) is 5. The van der Waals surface area contributed by atoms with Gasteiger partial charge in [-0.1, -0.05) is 30.7 Å². The Bertz CT molecular complexity index is 2840. The summed E-state index contributed by atoms with van der Waals surface area (Å²) in [6, 6.07) is 15.8. The second-order valence-corrected chi connectivity index (χ2v) is 21.9. The van der Waals surface area contributed by atoms with E-state index in [9.17, 15) is 37.9 Å². The van der Waals surface area contributed by atoms with Gasteiger partial charge in [0.05, 0.1) is 39.9 Å². The number of carbonyl (C=O) groups excluding carboxylic acids is 1. The van der Waals surface area contributed by atoms with E-state index in [0.717, 1.165) is 74.9 Å². The zero-order valence-electron chi connectivity index (χ0n) is 39.5. The number of pyridine rings is 2. The number of aliphatic hydroxyl groups is 2. The first-order chi connectivity index (χ1) is 32.8. The Hall–Kier alpha value is -5.89. The van der Waals surface area contributed by atoms with Gasteiger partial charge in [0.15, 0.2) is 5.75 Å². The maximum absolute atomic E-state index is 14.9. The number of fused-ring (bicyclic) bond motifs is 1. The highest BCUT2D eigenvalue weighted by molar-refractivity contribution is 7.90. The summed E-state index contributed by atoms with van der Waals surface area (Å²) in [7, 11) is -4.74. The van der Waals surface area contributed by atoms with E-state index < -0.39 is 48.5 Å². The van der Waals surface area contributed by atoms with Crippen LogP contribution in [0.25, 0.3) is 11.0 Å². The molecule has 1 spiro atoms. The van der Waals surface area contributed by atoms with Crippen LogP contribution < -0.4 is 24.4 Å². The molecule has 2 aromatic carbocycles. The molecule has 5 aromatic rings. The second kappa shape index (κ2) is 18.8.